The highest BCUT2D eigenvalue weighted by Crippen LogP contribution is 2.43. The number of aliphatic hydroxyl groups is 1. The Balaban J connectivity index is 1.94. The van der Waals surface area contributed by atoms with Crippen molar-refractivity contribution in [2.75, 3.05) is 12.0 Å². The molecule has 2 heterocycles. The Bertz CT molecular complexity index is 1310. The third kappa shape index (κ3) is 3.91. The Hall–Kier alpha value is -3.86. The fourth-order valence-corrected chi connectivity index (χ4v) is 4.34. The number of nitriles is 1. The van der Waals surface area contributed by atoms with E-state index in [0.717, 1.165) is 0 Å². The number of pyridine rings is 1. The summed E-state index contributed by atoms with van der Waals surface area (Å²) >= 11 is 12.4. The third-order valence-corrected chi connectivity index (χ3v) is 5.76. The Morgan fingerprint density at radius 3 is 2.36 bits per heavy atom. The van der Waals surface area contributed by atoms with Crippen molar-refractivity contribution in [1.29, 1.82) is 5.26 Å². The molecule has 1 unspecified atom stereocenters. The van der Waals surface area contributed by atoms with E-state index in [2.05, 4.69) is 4.98 Å². The molecule has 0 aliphatic carbocycles. The zero-order valence-corrected chi connectivity index (χ0v) is 18.6. The van der Waals surface area contributed by atoms with Crippen LogP contribution in [0.15, 0.2) is 66.5 Å². The molecular weight excluding hydrogens is 465 g/mol. The molecule has 1 N–H and O–H groups in total. The first-order chi connectivity index (χ1) is 15.9. The van der Waals surface area contributed by atoms with Crippen molar-refractivity contribution in [2.24, 2.45) is 0 Å². The molecule has 1 saturated heterocycles. The van der Waals surface area contributed by atoms with Crippen LogP contribution in [0.25, 0.3) is 5.76 Å². The number of Topliss-reactive ketones (excluding diaryl/α,β-unsaturated/α-hetero) is 1. The van der Waals surface area contributed by atoms with E-state index >= 15 is 0 Å². The number of methoxy groups -OCH3 is 1. The highest BCUT2D eigenvalue weighted by molar-refractivity contribution is 6.51. The first-order valence-corrected chi connectivity index (χ1v) is 10.4. The second kappa shape index (κ2) is 8.94. The molecule has 33 heavy (non-hydrogen) atoms. The molecular formula is C24H15Cl2N3O4. The van der Waals surface area contributed by atoms with Crippen molar-refractivity contribution in [2.45, 2.75) is 6.04 Å². The molecule has 7 nitrogen and oxygen atoms in total. The average Bonchev–Trinajstić information content (AvgIpc) is 3.09. The van der Waals surface area contributed by atoms with E-state index in [0.29, 0.717) is 16.8 Å². The molecule has 4 rings (SSSR count). The van der Waals surface area contributed by atoms with E-state index in [1.807, 2.05) is 6.07 Å². The Labute approximate surface area is 199 Å². The lowest BCUT2D eigenvalue weighted by Crippen LogP contribution is -2.29. The molecule has 1 aromatic heterocycles. The fraction of sp³-hybridized carbons (Fsp3) is 0.0833. The lowest BCUT2D eigenvalue weighted by molar-refractivity contribution is -0.132. The predicted molar refractivity (Wildman–Crippen MR) is 123 cm³/mol. The second-order valence-electron chi connectivity index (χ2n) is 7.09. The van der Waals surface area contributed by atoms with E-state index < -0.39 is 23.5 Å². The zero-order chi connectivity index (χ0) is 23.7. The smallest absolute Gasteiger partial charge is 0.300 e. The second-order valence-corrected chi connectivity index (χ2v) is 7.90. The van der Waals surface area contributed by atoms with Gasteiger partial charge in [0.25, 0.3) is 11.7 Å². The van der Waals surface area contributed by atoms with Gasteiger partial charge in [0.05, 0.1) is 40.4 Å². The van der Waals surface area contributed by atoms with Gasteiger partial charge in [-0.25, -0.2) is 0 Å². The summed E-state index contributed by atoms with van der Waals surface area (Å²) in [5.74, 6) is -1.93. The van der Waals surface area contributed by atoms with Crippen molar-refractivity contribution in [1.82, 2.24) is 4.98 Å². The normalized spacial score (nSPS) is 17.2. The molecule has 0 radical (unpaired) electrons. The number of ether oxygens (including phenoxy) is 1. The maximum atomic E-state index is 13.1. The highest BCUT2D eigenvalue weighted by Gasteiger charge is 2.47. The molecule has 0 bridgehead atoms. The van der Waals surface area contributed by atoms with Crippen LogP contribution in [0.2, 0.25) is 10.0 Å². The standard InChI is InChI=1S/C24H15Cl2N3O4/c1-33-23-17(25)9-15(10-18(23)26)21(30)19-20(14-3-2-8-28-12-14)29(24(32)22(19)31)16-6-4-13(11-27)5-7-16/h2-10,12,20,30H,1H3/b21-19+. The molecule has 3 aromatic rings. The van der Waals surface area contributed by atoms with Crippen molar-refractivity contribution < 1.29 is 19.4 Å². The third-order valence-electron chi connectivity index (χ3n) is 5.19. The SMILES string of the molecule is COc1c(Cl)cc(/C(O)=C2\C(=O)C(=O)N(c3ccc(C#N)cc3)C2c2cccnc2)cc1Cl. The van der Waals surface area contributed by atoms with Gasteiger partial charge in [0.2, 0.25) is 0 Å². The molecule has 1 atom stereocenters. The number of anilines is 1. The topological polar surface area (TPSA) is 104 Å². The number of amides is 1. The predicted octanol–water partition coefficient (Wildman–Crippen LogP) is 4.89. The molecule has 0 spiro atoms. The van der Waals surface area contributed by atoms with Crippen LogP contribution in [-0.2, 0) is 9.59 Å². The van der Waals surface area contributed by atoms with Crippen LogP contribution in [0.5, 0.6) is 5.75 Å². The summed E-state index contributed by atoms with van der Waals surface area (Å²) in [6.07, 6.45) is 3.06. The van der Waals surface area contributed by atoms with Crippen LogP contribution in [0.1, 0.15) is 22.7 Å². The molecule has 1 fully saturated rings. The van der Waals surface area contributed by atoms with Gasteiger partial charge in [-0.15, -0.1) is 0 Å². The lowest BCUT2D eigenvalue weighted by Gasteiger charge is -2.25. The Morgan fingerprint density at radius 1 is 1.15 bits per heavy atom. The van der Waals surface area contributed by atoms with Gasteiger partial charge in [0.1, 0.15) is 5.76 Å². The Kier molecular flexibility index (Phi) is 6.05. The summed E-state index contributed by atoms with van der Waals surface area (Å²) in [5.41, 5.74) is 1.30. The molecule has 9 heteroatoms. The molecule has 0 saturated carbocycles. The van der Waals surface area contributed by atoms with E-state index in [1.165, 1.54) is 42.5 Å². The van der Waals surface area contributed by atoms with Crippen LogP contribution in [0.3, 0.4) is 0 Å². The number of halogens is 2. The van der Waals surface area contributed by atoms with Crippen LogP contribution < -0.4 is 9.64 Å². The van der Waals surface area contributed by atoms with E-state index in [1.54, 1.807) is 30.5 Å². The maximum absolute atomic E-state index is 13.1. The van der Waals surface area contributed by atoms with Gasteiger partial charge in [-0.2, -0.15) is 5.26 Å². The monoisotopic (exact) mass is 479 g/mol. The molecule has 1 aliphatic heterocycles. The number of ketones is 1. The van der Waals surface area contributed by atoms with Crippen molar-refractivity contribution in [3.05, 3.63) is 93.2 Å². The summed E-state index contributed by atoms with van der Waals surface area (Å²) in [6, 6.07) is 13.4. The summed E-state index contributed by atoms with van der Waals surface area (Å²) in [6.45, 7) is 0. The molecule has 1 amide bonds. The number of benzene rings is 2. The fourth-order valence-electron chi connectivity index (χ4n) is 3.70. The highest BCUT2D eigenvalue weighted by atomic mass is 35.5. The minimum absolute atomic E-state index is 0.130. The number of hydrogen-bond acceptors (Lipinski definition) is 6. The average molecular weight is 480 g/mol. The number of aliphatic hydroxyl groups excluding tert-OH is 1. The first-order valence-electron chi connectivity index (χ1n) is 9.62. The number of carbonyl (C=O) groups is 2. The number of aromatic nitrogens is 1. The minimum Gasteiger partial charge on any atom is -0.507 e. The largest absolute Gasteiger partial charge is 0.507 e. The van der Waals surface area contributed by atoms with Gasteiger partial charge in [0, 0.05) is 23.6 Å². The maximum Gasteiger partial charge on any atom is 0.300 e. The Morgan fingerprint density at radius 2 is 1.82 bits per heavy atom. The minimum atomic E-state index is -0.966. The van der Waals surface area contributed by atoms with E-state index in [4.69, 9.17) is 33.2 Å². The van der Waals surface area contributed by atoms with Gasteiger partial charge < -0.3 is 9.84 Å². The van der Waals surface area contributed by atoms with Crippen molar-refractivity contribution in [3.8, 4) is 11.8 Å². The number of rotatable bonds is 4. The summed E-state index contributed by atoms with van der Waals surface area (Å²) in [7, 11) is 1.40. The number of nitrogens with zero attached hydrogens (tertiary/aromatic N) is 3. The quantitative estimate of drug-likeness (QED) is 0.324. The van der Waals surface area contributed by atoms with Crippen molar-refractivity contribution >= 4 is 46.3 Å². The molecule has 1 aliphatic rings. The molecule has 164 valence electrons. The summed E-state index contributed by atoms with van der Waals surface area (Å²) in [4.78, 5) is 31.6. The van der Waals surface area contributed by atoms with Crippen LogP contribution >= 0.6 is 23.2 Å². The van der Waals surface area contributed by atoms with Gasteiger partial charge in [-0.05, 0) is 48.0 Å². The van der Waals surface area contributed by atoms with Gasteiger partial charge in [0.15, 0.2) is 5.75 Å². The van der Waals surface area contributed by atoms with Crippen molar-refractivity contribution in [3.63, 3.8) is 0 Å². The molecule has 2 aromatic carbocycles. The van der Waals surface area contributed by atoms with Crippen LogP contribution in [0, 0.1) is 11.3 Å². The number of hydrogen-bond donors (Lipinski definition) is 1. The zero-order valence-electron chi connectivity index (χ0n) is 17.1. The first kappa shape index (κ1) is 22.3. The summed E-state index contributed by atoms with van der Waals surface area (Å²) in [5, 5.41) is 20.5. The van der Waals surface area contributed by atoms with Gasteiger partial charge in [-0.1, -0.05) is 29.3 Å². The summed E-state index contributed by atoms with van der Waals surface area (Å²) < 4.78 is 5.14. The van der Waals surface area contributed by atoms with Crippen LogP contribution in [-0.4, -0.2) is 28.9 Å². The van der Waals surface area contributed by atoms with E-state index in [9.17, 15) is 14.7 Å². The van der Waals surface area contributed by atoms with Crippen LogP contribution in [0.4, 0.5) is 5.69 Å². The van der Waals surface area contributed by atoms with E-state index in [-0.39, 0.29) is 26.9 Å². The number of carbonyl (C=O) groups excluding carboxylic acids is 2. The lowest BCUT2D eigenvalue weighted by atomic mass is 9.96. The van der Waals surface area contributed by atoms with Gasteiger partial charge in [-0.3, -0.25) is 19.5 Å². The van der Waals surface area contributed by atoms with Gasteiger partial charge >= 0.3 is 0 Å².